The van der Waals surface area contributed by atoms with Crippen molar-refractivity contribution in [2.75, 3.05) is 18.1 Å². The third-order valence-corrected chi connectivity index (χ3v) is 5.75. The molecule has 2 heterocycles. The van der Waals surface area contributed by atoms with Crippen LogP contribution in [0.1, 0.15) is 15.8 Å². The molecule has 3 unspecified atom stereocenters. The third-order valence-electron chi connectivity index (χ3n) is 3.27. The van der Waals surface area contributed by atoms with Crippen molar-refractivity contribution in [2.24, 2.45) is 0 Å². The Morgan fingerprint density at radius 1 is 1.55 bits per heavy atom. The second-order valence-corrected chi connectivity index (χ2v) is 7.73. The van der Waals surface area contributed by atoms with Gasteiger partial charge in [-0.1, -0.05) is 12.7 Å². The third kappa shape index (κ3) is 3.56. The summed E-state index contributed by atoms with van der Waals surface area (Å²) in [6.45, 7) is 5.39. The van der Waals surface area contributed by atoms with E-state index in [1.807, 2.05) is 19.1 Å². The van der Waals surface area contributed by atoms with E-state index in [2.05, 4.69) is 6.58 Å². The number of hydrogen-bond donors (Lipinski definition) is 1. The lowest BCUT2D eigenvalue weighted by atomic mass is 10.1. The number of aliphatic carboxylic acids is 1. The number of carboxylic acids is 1. The van der Waals surface area contributed by atoms with E-state index in [9.17, 15) is 18.9 Å². The Labute approximate surface area is 134 Å². The molecule has 1 amide bonds. The van der Waals surface area contributed by atoms with E-state index in [0.717, 1.165) is 9.75 Å². The van der Waals surface area contributed by atoms with Crippen molar-refractivity contribution >= 4 is 34.2 Å². The lowest BCUT2D eigenvalue weighted by Crippen LogP contribution is -2.54. The van der Waals surface area contributed by atoms with E-state index in [1.165, 1.54) is 22.3 Å². The van der Waals surface area contributed by atoms with Crippen molar-refractivity contribution in [3.05, 3.63) is 34.5 Å². The number of carbonyl (C=O) groups is 2. The van der Waals surface area contributed by atoms with E-state index >= 15 is 0 Å². The van der Waals surface area contributed by atoms with Crippen LogP contribution in [-0.2, 0) is 20.3 Å². The minimum Gasteiger partial charge on any atom is -0.480 e. The van der Waals surface area contributed by atoms with E-state index in [-0.39, 0.29) is 18.1 Å². The molecule has 1 fully saturated rings. The Kier molecular flexibility index (Phi) is 5.36. The summed E-state index contributed by atoms with van der Waals surface area (Å²) in [4.78, 5) is 26.8. The summed E-state index contributed by atoms with van der Waals surface area (Å²) in [5.41, 5.74) is 0. The number of thiophene rings is 1. The molecule has 1 saturated heterocycles. The molecule has 1 N–H and O–H groups in total. The molecular weight excluding hydrogens is 326 g/mol. The average Bonchev–Trinajstić information content (AvgIpc) is 2.90. The molecule has 0 aromatic carbocycles. The molecule has 2 rings (SSSR count). The molecule has 8 heteroatoms. The van der Waals surface area contributed by atoms with Crippen LogP contribution in [0.15, 0.2) is 24.8 Å². The number of carbonyl (C=O) groups excluding carboxylic acids is 1. The average molecular weight is 343 g/mol. The predicted octanol–water partition coefficient (Wildman–Crippen LogP) is 1.94. The molecule has 120 valence electrons. The second-order valence-electron chi connectivity index (χ2n) is 4.86. The first-order valence-corrected chi connectivity index (χ1v) is 8.94. The molecule has 0 spiro atoms. The van der Waals surface area contributed by atoms with Gasteiger partial charge in [0.1, 0.15) is 12.6 Å². The van der Waals surface area contributed by atoms with Crippen molar-refractivity contribution in [3.8, 4) is 0 Å². The zero-order valence-electron chi connectivity index (χ0n) is 12.1. The predicted molar refractivity (Wildman–Crippen MR) is 84.5 cm³/mol. The molecule has 3 atom stereocenters. The molecule has 0 radical (unpaired) electrons. The van der Waals surface area contributed by atoms with Crippen LogP contribution < -0.4 is 0 Å². The number of hydrogen-bond acceptors (Lipinski definition) is 5. The van der Waals surface area contributed by atoms with Crippen molar-refractivity contribution < 1.29 is 23.6 Å². The van der Waals surface area contributed by atoms with E-state index < -0.39 is 34.9 Å². The van der Waals surface area contributed by atoms with Crippen LogP contribution >= 0.6 is 11.3 Å². The normalized spacial score (nSPS) is 24.8. The fourth-order valence-electron chi connectivity index (χ4n) is 2.30. The number of aryl methyl sites for hydroxylation is 1. The van der Waals surface area contributed by atoms with Gasteiger partial charge in [-0.25, -0.2) is 9.59 Å². The van der Waals surface area contributed by atoms with Gasteiger partial charge in [0, 0.05) is 26.3 Å². The van der Waals surface area contributed by atoms with Gasteiger partial charge < -0.3 is 9.84 Å². The highest BCUT2D eigenvalue weighted by atomic mass is 32.2. The Morgan fingerprint density at radius 2 is 2.27 bits per heavy atom. The monoisotopic (exact) mass is 343 g/mol. The van der Waals surface area contributed by atoms with Crippen LogP contribution in [0.25, 0.3) is 0 Å². The second kappa shape index (κ2) is 7.06. The van der Waals surface area contributed by atoms with Crippen LogP contribution in [0.3, 0.4) is 0 Å². The Hall–Kier alpha value is -1.67. The van der Waals surface area contributed by atoms with Gasteiger partial charge in [0.05, 0.1) is 11.8 Å². The summed E-state index contributed by atoms with van der Waals surface area (Å²) >= 11 is 1.46. The molecule has 0 bridgehead atoms. The van der Waals surface area contributed by atoms with E-state index in [1.54, 1.807) is 0 Å². The Balaban J connectivity index is 2.36. The van der Waals surface area contributed by atoms with Crippen LogP contribution in [0.5, 0.6) is 0 Å². The summed E-state index contributed by atoms with van der Waals surface area (Å²) in [6, 6.07) is 2.02. The number of ether oxygens (including phenoxy) is 1. The lowest BCUT2D eigenvalue weighted by Gasteiger charge is -2.38. The maximum Gasteiger partial charge on any atom is 0.411 e. The number of nitrogens with zero attached hydrogens (tertiary/aromatic N) is 1. The van der Waals surface area contributed by atoms with Gasteiger partial charge in [-0.15, -0.1) is 11.3 Å². The molecular formula is C14H17NO5S2. The largest absolute Gasteiger partial charge is 0.480 e. The Bertz CT molecular complexity index is 612. The molecule has 1 aliphatic rings. The quantitative estimate of drug-likeness (QED) is 0.845. The minimum atomic E-state index is -1.30. The standard InChI is InChI=1S/C14H17NO5S2/c1-3-6-20-14(18)15-10(12-5-4-9(2)21-12)7-22(19)8-11(15)13(16)17/h3-5,10-11H,1,6-8H2,2H3,(H,16,17). The van der Waals surface area contributed by atoms with Crippen LogP contribution in [-0.4, -0.2) is 50.4 Å². The SMILES string of the molecule is C=CCOC(=O)N1C(C(=O)O)CS(=O)CC1c1ccc(C)s1. The summed E-state index contributed by atoms with van der Waals surface area (Å²) in [5, 5.41) is 9.37. The highest BCUT2D eigenvalue weighted by molar-refractivity contribution is 7.85. The van der Waals surface area contributed by atoms with Gasteiger partial charge in [0.25, 0.3) is 0 Å². The van der Waals surface area contributed by atoms with E-state index in [0.29, 0.717) is 0 Å². The molecule has 1 aliphatic heterocycles. The van der Waals surface area contributed by atoms with E-state index in [4.69, 9.17) is 4.74 Å². The maximum absolute atomic E-state index is 12.3. The lowest BCUT2D eigenvalue weighted by molar-refractivity contribution is -0.142. The first kappa shape index (κ1) is 16.7. The fourth-order valence-corrected chi connectivity index (χ4v) is 4.87. The van der Waals surface area contributed by atoms with Crippen LogP contribution in [0.2, 0.25) is 0 Å². The number of amides is 1. The first-order chi connectivity index (χ1) is 10.4. The fraction of sp³-hybridized carbons (Fsp3) is 0.429. The molecule has 22 heavy (non-hydrogen) atoms. The van der Waals surface area contributed by atoms with Crippen molar-refractivity contribution in [1.29, 1.82) is 0 Å². The van der Waals surface area contributed by atoms with Gasteiger partial charge >= 0.3 is 12.1 Å². The summed E-state index contributed by atoms with van der Waals surface area (Å²) < 4.78 is 17.0. The molecule has 0 aliphatic carbocycles. The minimum absolute atomic E-state index is 0.000942. The van der Waals surface area contributed by atoms with Gasteiger partial charge in [-0.3, -0.25) is 9.11 Å². The topological polar surface area (TPSA) is 83.9 Å². The Morgan fingerprint density at radius 3 is 2.82 bits per heavy atom. The highest BCUT2D eigenvalue weighted by Crippen LogP contribution is 2.33. The summed E-state index contributed by atoms with van der Waals surface area (Å²) in [5.74, 6) is -1.05. The number of carboxylic acid groups (broad SMARTS) is 1. The molecule has 1 aromatic rings. The van der Waals surface area contributed by atoms with Gasteiger partial charge in [-0.05, 0) is 19.1 Å². The smallest absolute Gasteiger partial charge is 0.411 e. The zero-order valence-corrected chi connectivity index (χ0v) is 13.7. The zero-order chi connectivity index (χ0) is 16.3. The first-order valence-electron chi connectivity index (χ1n) is 6.64. The highest BCUT2D eigenvalue weighted by Gasteiger charge is 2.43. The maximum atomic E-state index is 12.3. The van der Waals surface area contributed by atoms with Gasteiger partial charge in [-0.2, -0.15) is 0 Å². The van der Waals surface area contributed by atoms with Crippen molar-refractivity contribution in [2.45, 2.75) is 19.0 Å². The summed E-state index contributed by atoms with van der Waals surface area (Å²) in [6.07, 6.45) is 0.695. The van der Waals surface area contributed by atoms with Gasteiger partial charge in [0.2, 0.25) is 0 Å². The molecule has 1 aromatic heterocycles. The molecule has 0 saturated carbocycles. The summed E-state index contributed by atoms with van der Waals surface area (Å²) in [7, 11) is -1.30. The number of rotatable bonds is 4. The van der Waals surface area contributed by atoms with Gasteiger partial charge in [0.15, 0.2) is 0 Å². The van der Waals surface area contributed by atoms with Crippen molar-refractivity contribution in [1.82, 2.24) is 4.90 Å². The van der Waals surface area contributed by atoms with Crippen LogP contribution in [0, 0.1) is 6.92 Å². The molecule has 6 nitrogen and oxygen atoms in total. The van der Waals surface area contributed by atoms with Crippen molar-refractivity contribution in [3.63, 3.8) is 0 Å². The van der Waals surface area contributed by atoms with Crippen LogP contribution in [0.4, 0.5) is 4.79 Å².